The Bertz CT molecular complexity index is 520. The standard InChI is InChI=1S/C16H21N3O/c1-2-5-16(20-13-14-6-7-14)15(4-1)12-17-9-11-19-10-3-8-18-19/h1-5,8,10,14,17H,6-7,9,11-13H2. The van der Waals surface area contributed by atoms with Crippen LogP contribution in [-0.4, -0.2) is 22.9 Å². The molecular weight excluding hydrogens is 250 g/mol. The van der Waals surface area contributed by atoms with Crippen LogP contribution in [0.5, 0.6) is 5.75 Å². The zero-order valence-electron chi connectivity index (χ0n) is 11.7. The monoisotopic (exact) mass is 271 g/mol. The van der Waals surface area contributed by atoms with E-state index in [-0.39, 0.29) is 0 Å². The number of rotatable bonds is 8. The predicted molar refractivity (Wildman–Crippen MR) is 78.6 cm³/mol. The third kappa shape index (κ3) is 3.84. The SMILES string of the molecule is c1ccc(OCC2CC2)c(CNCCn2cccn2)c1. The molecule has 1 N–H and O–H groups in total. The van der Waals surface area contributed by atoms with Crippen molar-refractivity contribution in [1.82, 2.24) is 15.1 Å². The van der Waals surface area contributed by atoms with Crippen molar-refractivity contribution >= 4 is 0 Å². The molecule has 106 valence electrons. The summed E-state index contributed by atoms with van der Waals surface area (Å²) in [5.41, 5.74) is 1.23. The van der Waals surface area contributed by atoms with E-state index < -0.39 is 0 Å². The summed E-state index contributed by atoms with van der Waals surface area (Å²) in [7, 11) is 0. The Balaban J connectivity index is 1.45. The highest BCUT2D eigenvalue weighted by Gasteiger charge is 2.22. The maximum Gasteiger partial charge on any atom is 0.123 e. The summed E-state index contributed by atoms with van der Waals surface area (Å²) in [6.45, 7) is 3.49. The van der Waals surface area contributed by atoms with Gasteiger partial charge in [0.05, 0.1) is 13.2 Å². The molecule has 0 unspecified atom stereocenters. The minimum Gasteiger partial charge on any atom is -0.493 e. The van der Waals surface area contributed by atoms with Gasteiger partial charge in [0, 0.05) is 31.0 Å². The number of aromatic nitrogens is 2. The Morgan fingerprint density at radius 2 is 2.15 bits per heavy atom. The third-order valence-electron chi connectivity index (χ3n) is 3.54. The predicted octanol–water partition coefficient (Wildman–Crippen LogP) is 2.46. The minimum absolute atomic E-state index is 0.788. The third-order valence-corrected chi connectivity index (χ3v) is 3.54. The van der Waals surface area contributed by atoms with Crippen molar-refractivity contribution in [3.63, 3.8) is 0 Å². The van der Waals surface area contributed by atoms with Crippen molar-refractivity contribution in [1.29, 1.82) is 0 Å². The Hall–Kier alpha value is -1.81. The lowest BCUT2D eigenvalue weighted by atomic mass is 10.2. The van der Waals surface area contributed by atoms with Gasteiger partial charge in [-0.1, -0.05) is 18.2 Å². The van der Waals surface area contributed by atoms with E-state index in [1.807, 2.05) is 23.0 Å². The molecule has 3 rings (SSSR count). The topological polar surface area (TPSA) is 39.1 Å². The molecule has 1 fully saturated rings. The van der Waals surface area contributed by atoms with Gasteiger partial charge in [-0.2, -0.15) is 5.10 Å². The van der Waals surface area contributed by atoms with E-state index >= 15 is 0 Å². The molecule has 0 aliphatic heterocycles. The number of nitrogens with zero attached hydrogens (tertiary/aromatic N) is 2. The van der Waals surface area contributed by atoms with E-state index in [2.05, 4.69) is 28.6 Å². The number of hydrogen-bond donors (Lipinski definition) is 1. The van der Waals surface area contributed by atoms with Crippen molar-refractivity contribution in [3.8, 4) is 5.75 Å². The molecule has 0 bridgehead atoms. The number of ether oxygens (including phenoxy) is 1. The maximum atomic E-state index is 5.91. The van der Waals surface area contributed by atoms with Gasteiger partial charge in [0.2, 0.25) is 0 Å². The lowest BCUT2D eigenvalue weighted by Crippen LogP contribution is -2.20. The first-order valence-corrected chi connectivity index (χ1v) is 7.30. The van der Waals surface area contributed by atoms with Crippen molar-refractivity contribution in [2.45, 2.75) is 25.9 Å². The van der Waals surface area contributed by atoms with Gasteiger partial charge in [-0.05, 0) is 30.9 Å². The van der Waals surface area contributed by atoms with Gasteiger partial charge in [0.25, 0.3) is 0 Å². The highest BCUT2D eigenvalue weighted by atomic mass is 16.5. The lowest BCUT2D eigenvalue weighted by molar-refractivity contribution is 0.296. The molecule has 4 nitrogen and oxygen atoms in total. The number of hydrogen-bond acceptors (Lipinski definition) is 3. The molecule has 0 atom stereocenters. The maximum absolute atomic E-state index is 5.91. The van der Waals surface area contributed by atoms with Gasteiger partial charge >= 0.3 is 0 Å². The fraction of sp³-hybridized carbons (Fsp3) is 0.438. The van der Waals surface area contributed by atoms with Crippen LogP contribution in [0.1, 0.15) is 18.4 Å². The molecule has 2 aromatic rings. The first kappa shape index (κ1) is 13.2. The summed E-state index contributed by atoms with van der Waals surface area (Å²) in [6.07, 6.45) is 6.43. The molecule has 1 heterocycles. The van der Waals surface area contributed by atoms with E-state index in [1.165, 1.54) is 18.4 Å². The second-order valence-electron chi connectivity index (χ2n) is 5.31. The van der Waals surface area contributed by atoms with Gasteiger partial charge < -0.3 is 10.1 Å². The smallest absolute Gasteiger partial charge is 0.123 e. The van der Waals surface area contributed by atoms with E-state index in [0.29, 0.717) is 0 Å². The van der Waals surface area contributed by atoms with Crippen LogP contribution in [0.25, 0.3) is 0 Å². The average molecular weight is 271 g/mol. The molecule has 0 amide bonds. The number of benzene rings is 1. The summed E-state index contributed by atoms with van der Waals surface area (Å²) in [5, 5.41) is 7.63. The molecule has 1 aliphatic rings. The molecule has 0 radical (unpaired) electrons. The van der Waals surface area contributed by atoms with E-state index in [1.54, 1.807) is 6.20 Å². The number of para-hydroxylation sites is 1. The molecule has 1 saturated carbocycles. The molecule has 1 aromatic heterocycles. The second kappa shape index (κ2) is 6.57. The van der Waals surface area contributed by atoms with Gasteiger partial charge in [0.15, 0.2) is 0 Å². The van der Waals surface area contributed by atoms with Crippen LogP contribution in [0, 0.1) is 5.92 Å². The molecule has 1 aliphatic carbocycles. The summed E-state index contributed by atoms with van der Waals surface area (Å²) < 4.78 is 7.84. The van der Waals surface area contributed by atoms with Crippen molar-refractivity contribution in [2.24, 2.45) is 5.92 Å². The fourth-order valence-corrected chi connectivity index (χ4v) is 2.13. The van der Waals surface area contributed by atoms with Gasteiger partial charge in [-0.3, -0.25) is 4.68 Å². The van der Waals surface area contributed by atoms with Gasteiger partial charge in [-0.25, -0.2) is 0 Å². The highest BCUT2D eigenvalue weighted by molar-refractivity contribution is 5.33. The van der Waals surface area contributed by atoms with E-state index in [9.17, 15) is 0 Å². The Morgan fingerprint density at radius 3 is 2.95 bits per heavy atom. The zero-order chi connectivity index (χ0) is 13.6. The first-order valence-electron chi connectivity index (χ1n) is 7.30. The summed E-state index contributed by atoms with van der Waals surface area (Å²) >= 11 is 0. The van der Waals surface area contributed by atoms with E-state index in [0.717, 1.165) is 37.9 Å². The largest absolute Gasteiger partial charge is 0.493 e. The normalized spacial score (nSPS) is 14.4. The van der Waals surface area contributed by atoms with Crippen molar-refractivity contribution < 1.29 is 4.74 Å². The minimum atomic E-state index is 0.788. The number of nitrogens with one attached hydrogen (secondary N) is 1. The quantitative estimate of drug-likeness (QED) is 0.750. The molecular formula is C16H21N3O. The second-order valence-corrected chi connectivity index (χ2v) is 5.31. The van der Waals surface area contributed by atoms with Gasteiger partial charge in [-0.15, -0.1) is 0 Å². The van der Waals surface area contributed by atoms with Gasteiger partial charge in [0.1, 0.15) is 5.75 Å². The summed E-state index contributed by atoms with van der Waals surface area (Å²) in [5.74, 6) is 1.81. The Labute approximate surface area is 119 Å². The fourth-order valence-electron chi connectivity index (χ4n) is 2.13. The molecule has 20 heavy (non-hydrogen) atoms. The summed E-state index contributed by atoms with van der Waals surface area (Å²) in [6, 6.07) is 10.2. The lowest BCUT2D eigenvalue weighted by Gasteiger charge is -2.12. The van der Waals surface area contributed by atoms with Crippen LogP contribution in [0.2, 0.25) is 0 Å². The van der Waals surface area contributed by atoms with Crippen LogP contribution >= 0.6 is 0 Å². The van der Waals surface area contributed by atoms with Crippen molar-refractivity contribution in [3.05, 3.63) is 48.3 Å². The molecule has 0 spiro atoms. The molecule has 1 aromatic carbocycles. The Kier molecular flexibility index (Phi) is 4.33. The van der Waals surface area contributed by atoms with Crippen molar-refractivity contribution in [2.75, 3.05) is 13.2 Å². The first-order chi connectivity index (χ1) is 9.92. The molecule has 4 heteroatoms. The average Bonchev–Trinajstić information content (AvgIpc) is 3.17. The van der Waals surface area contributed by atoms with Crippen LogP contribution in [0.15, 0.2) is 42.7 Å². The van der Waals surface area contributed by atoms with Crippen LogP contribution in [-0.2, 0) is 13.1 Å². The molecule has 0 saturated heterocycles. The highest BCUT2D eigenvalue weighted by Crippen LogP contribution is 2.30. The van der Waals surface area contributed by atoms with E-state index in [4.69, 9.17) is 4.74 Å². The zero-order valence-corrected chi connectivity index (χ0v) is 11.7. The van der Waals surface area contributed by atoms with Crippen LogP contribution < -0.4 is 10.1 Å². The summed E-state index contributed by atoms with van der Waals surface area (Å²) in [4.78, 5) is 0. The van der Waals surface area contributed by atoms with Crippen LogP contribution in [0.3, 0.4) is 0 Å². The van der Waals surface area contributed by atoms with Crippen LogP contribution in [0.4, 0.5) is 0 Å². The Morgan fingerprint density at radius 1 is 1.25 bits per heavy atom.